The number of carbonyl (C=O) groups is 1. The molecule has 3 heterocycles. The zero-order valence-electron chi connectivity index (χ0n) is 13.5. The maximum Gasteiger partial charge on any atom is 0.261 e. The highest BCUT2D eigenvalue weighted by Crippen LogP contribution is 2.19. The Bertz CT molecular complexity index is 860. The lowest BCUT2D eigenvalue weighted by molar-refractivity contribution is 0.102. The summed E-state index contributed by atoms with van der Waals surface area (Å²) in [6.07, 6.45) is 6.61. The van der Waals surface area contributed by atoms with Crippen LogP contribution in [0.15, 0.2) is 30.9 Å². The number of hydrogen-bond acceptors (Lipinski definition) is 5. The molecule has 0 saturated heterocycles. The molecular weight excluding hydrogens is 292 g/mol. The van der Waals surface area contributed by atoms with E-state index in [2.05, 4.69) is 25.4 Å². The standard InChI is InChI=1S/C16H18N6O/c1-10-12(13-17-6-5-7-22(13)21-10)14(23)20-11-8-18-15(19-9-11)16(2,3)4/h5-9H,1-4H3,(H,20,23). The van der Waals surface area contributed by atoms with Crippen LogP contribution in [0.1, 0.15) is 42.6 Å². The van der Waals surface area contributed by atoms with Crippen LogP contribution in [0.4, 0.5) is 5.69 Å². The number of nitrogens with one attached hydrogen (secondary N) is 1. The molecule has 7 heteroatoms. The lowest BCUT2D eigenvalue weighted by Crippen LogP contribution is -2.17. The van der Waals surface area contributed by atoms with Crippen molar-refractivity contribution in [2.45, 2.75) is 33.1 Å². The first-order valence-electron chi connectivity index (χ1n) is 7.30. The van der Waals surface area contributed by atoms with Gasteiger partial charge in [-0.05, 0) is 13.0 Å². The summed E-state index contributed by atoms with van der Waals surface area (Å²) < 4.78 is 1.59. The third-order valence-electron chi connectivity index (χ3n) is 3.38. The monoisotopic (exact) mass is 310 g/mol. The van der Waals surface area contributed by atoms with E-state index in [9.17, 15) is 4.79 Å². The fourth-order valence-corrected chi connectivity index (χ4v) is 2.24. The average molecular weight is 310 g/mol. The van der Waals surface area contributed by atoms with E-state index in [0.717, 1.165) is 5.82 Å². The Balaban J connectivity index is 1.88. The number of fused-ring (bicyclic) bond motifs is 1. The van der Waals surface area contributed by atoms with Gasteiger partial charge in [0.1, 0.15) is 11.4 Å². The van der Waals surface area contributed by atoms with Crippen LogP contribution >= 0.6 is 0 Å². The molecule has 0 aromatic carbocycles. The third-order valence-corrected chi connectivity index (χ3v) is 3.38. The Morgan fingerprint density at radius 3 is 2.52 bits per heavy atom. The van der Waals surface area contributed by atoms with Gasteiger partial charge in [0.25, 0.3) is 5.91 Å². The largest absolute Gasteiger partial charge is 0.319 e. The Labute approximate surface area is 133 Å². The van der Waals surface area contributed by atoms with E-state index >= 15 is 0 Å². The van der Waals surface area contributed by atoms with Gasteiger partial charge in [0.05, 0.1) is 23.8 Å². The zero-order chi connectivity index (χ0) is 16.6. The number of rotatable bonds is 2. The SMILES string of the molecule is Cc1nn2cccnc2c1C(=O)Nc1cnc(C(C)(C)C)nc1. The summed E-state index contributed by atoms with van der Waals surface area (Å²) >= 11 is 0. The molecule has 0 aliphatic rings. The van der Waals surface area contributed by atoms with Crippen LogP contribution < -0.4 is 5.32 Å². The average Bonchev–Trinajstić information content (AvgIpc) is 2.82. The van der Waals surface area contributed by atoms with Gasteiger partial charge in [0.15, 0.2) is 5.65 Å². The molecule has 0 bridgehead atoms. The number of nitrogens with zero attached hydrogens (tertiary/aromatic N) is 5. The van der Waals surface area contributed by atoms with Crippen LogP contribution in [0.25, 0.3) is 5.65 Å². The molecular formula is C16H18N6O. The summed E-state index contributed by atoms with van der Waals surface area (Å²) in [7, 11) is 0. The molecule has 0 unspecified atom stereocenters. The van der Waals surface area contributed by atoms with Crippen molar-refractivity contribution in [3.8, 4) is 0 Å². The Morgan fingerprint density at radius 2 is 1.87 bits per heavy atom. The fraction of sp³-hybridized carbons (Fsp3) is 0.312. The maximum atomic E-state index is 12.5. The lowest BCUT2D eigenvalue weighted by Gasteiger charge is -2.16. The first kappa shape index (κ1) is 15.1. The normalized spacial score (nSPS) is 11.7. The Hall–Kier alpha value is -2.83. The van der Waals surface area contributed by atoms with Crippen molar-refractivity contribution in [3.05, 3.63) is 47.9 Å². The molecule has 0 saturated carbocycles. The van der Waals surface area contributed by atoms with Gasteiger partial charge < -0.3 is 5.32 Å². The van der Waals surface area contributed by atoms with Crippen molar-refractivity contribution in [1.82, 2.24) is 24.6 Å². The van der Waals surface area contributed by atoms with Crippen LogP contribution in [0.3, 0.4) is 0 Å². The van der Waals surface area contributed by atoms with E-state index in [4.69, 9.17) is 0 Å². The van der Waals surface area contributed by atoms with Crippen LogP contribution in [0.2, 0.25) is 0 Å². The van der Waals surface area contributed by atoms with E-state index in [1.54, 1.807) is 42.3 Å². The van der Waals surface area contributed by atoms with Crippen molar-refractivity contribution in [1.29, 1.82) is 0 Å². The van der Waals surface area contributed by atoms with Gasteiger partial charge in [-0.2, -0.15) is 5.10 Å². The molecule has 0 radical (unpaired) electrons. The minimum atomic E-state index is -0.275. The second kappa shape index (κ2) is 5.42. The van der Waals surface area contributed by atoms with E-state index in [-0.39, 0.29) is 11.3 Å². The number of anilines is 1. The molecule has 0 spiro atoms. The second-order valence-corrected chi connectivity index (χ2v) is 6.35. The smallest absolute Gasteiger partial charge is 0.261 e. The minimum Gasteiger partial charge on any atom is -0.319 e. The van der Waals surface area contributed by atoms with Crippen LogP contribution in [-0.4, -0.2) is 30.5 Å². The molecule has 3 aromatic heterocycles. The van der Waals surface area contributed by atoms with Crippen molar-refractivity contribution < 1.29 is 4.79 Å². The molecule has 0 aliphatic heterocycles. The number of hydrogen-bond donors (Lipinski definition) is 1. The summed E-state index contributed by atoms with van der Waals surface area (Å²) in [6, 6.07) is 1.76. The fourth-order valence-electron chi connectivity index (χ4n) is 2.24. The molecule has 1 N–H and O–H groups in total. The molecule has 1 amide bonds. The molecule has 0 fully saturated rings. The van der Waals surface area contributed by atoms with Gasteiger partial charge in [-0.15, -0.1) is 0 Å². The van der Waals surface area contributed by atoms with Gasteiger partial charge in [-0.25, -0.2) is 19.5 Å². The Morgan fingerprint density at radius 1 is 1.17 bits per heavy atom. The number of aryl methyl sites for hydroxylation is 1. The summed E-state index contributed by atoms with van der Waals surface area (Å²) in [4.78, 5) is 25.4. The number of amides is 1. The minimum absolute atomic E-state index is 0.133. The predicted octanol–water partition coefficient (Wildman–Crippen LogP) is 2.38. The molecule has 3 aromatic rings. The molecule has 23 heavy (non-hydrogen) atoms. The van der Waals surface area contributed by atoms with Gasteiger partial charge in [-0.1, -0.05) is 20.8 Å². The summed E-state index contributed by atoms with van der Waals surface area (Å²) in [5.41, 5.74) is 2.00. The lowest BCUT2D eigenvalue weighted by atomic mass is 9.96. The molecule has 118 valence electrons. The number of carbonyl (C=O) groups excluding carboxylic acids is 1. The van der Waals surface area contributed by atoms with Gasteiger partial charge in [0.2, 0.25) is 0 Å². The van der Waals surface area contributed by atoms with Crippen LogP contribution in [-0.2, 0) is 5.41 Å². The molecule has 3 rings (SSSR count). The highest BCUT2D eigenvalue weighted by molar-refractivity contribution is 6.09. The predicted molar refractivity (Wildman–Crippen MR) is 86.4 cm³/mol. The van der Waals surface area contributed by atoms with Gasteiger partial charge in [-0.3, -0.25) is 4.79 Å². The van der Waals surface area contributed by atoms with Crippen LogP contribution in [0, 0.1) is 6.92 Å². The Kier molecular flexibility index (Phi) is 3.55. The zero-order valence-corrected chi connectivity index (χ0v) is 13.5. The molecule has 0 aliphatic carbocycles. The van der Waals surface area contributed by atoms with Crippen molar-refractivity contribution in [3.63, 3.8) is 0 Å². The van der Waals surface area contributed by atoms with Crippen molar-refractivity contribution in [2.24, 2.45) is 0 Å². The maximum absolute atomic E-state index is 12.5. The second-order valence-electron chi connectivity index (χ2n) is 6.35. The van der Waals surface area contributed by atoms with Crippen molar-refractivity contribution >= 4 is 17.2 Å². The van der Waals surface area contributed by atoms with Gasteiger partial charge in [0, 0.05) is 17.8 Å². The highest BCUT2D eigenvalue weighted by atomic mass is 16.1. The third kappa shape index (κ3) is 2.90. The summed E-state index contributed by atoms with van der Waals surface area (Å²) in [6.45, 7) is 7.89. The molecule has 7 nitrogen and oxygen atoms in total. The topological polar surface area (TPSA) is 85.1 Å². The van der Waals surface area contributed by atoms with E-state index in [0.29, 0.717) is 22.6 Å². The highest BCUT2D eigenvalue weighted by Gasteiger charge is 2.20. The molecule has 0 atom stereocenters. The first-order valence-corrected chi connectivity index (χ1v) is 7.30. The van der Waals surface area contributed by atoms with E-state index in [1.807, 2.05) is 20.8 Å². The number of aromatic nitrogens is 5. The summed E-state index contributed by atoms with van der Waals surface area (Å²) in [5.74, 6) is 0.452. The summed E-state index contributed by atoms with van der Waals surface area (Å²) in [5, 5.41) is 7.08. The van der Waals surface area contributed by atoms with Gasteiger partial charge >= 0.3 is 0 Å². The first-order chi connectivity index (χ1) is 10.9. The van der Waals surface area contributed by atoms with E-state index in [1.165, 1.54) is 0 Å². The quantitative estimate of drug-likeness (QED) is 0.785. The van der Waals surface area contributed by atoms with Crippen molar-refractivity contribution in [2.75, 3.05) is 5.32 Å². The van der Waals surface area contributed by atoms with Crippen LogP contribution in [0.5, 0.6) is 0 Å². The van der Waals surface area contributed by atoms with E-state index < -0.39 is 0 Å².